The summed E-state index contributed by atoms with van der Waals surface area (Å²) in [5.41, 5.74) is 1.66. The van der Waals surface area contributed by atoms with Crippen molar-refractivity contribution in [1.29, 1.82) is 0 Å². The molecular formula is C19H18FN3O3S. The molecule has 3 rings (SSSR count). The third-order valence-corrected chi connectivity index (χ3v) is 5.34. The van der Waals surface area contributed by atoms with Crippen molar-refractivity contribution < 1.29 is 17.6 Å². The highest BCUT2D eigenvalue weighted by Crippen LogP contribution is 2.22. The molecule has 1 aliphatic rings. The molecule has 0 radical (unpaired) electrons. The first kappa shape index (κ1) is 18.8. The Labute approximate surface area is 157 Å². The number of carbonyl (C=O) groups excluding carboxylic acids is 1. The van der Waals surface area contributed by atoms with E-state index in [1.165, 1.54) is 25.3 Å². The number of rotatable bonds is 4. The number of carbonyl (C=O) groups is 1. The van der Waals surface area contributed by atoms with Gasteiger partial charge in [-0.25, -0.2) is 4.39 Å². The van der Waals surface area contributed by atoms with Gasteiger partial charge in [0.1, 0.15) is 5.82 Å². The van der Waals surface area contributed by atoms with Crippen molar-refractivity contribution in [3.8, 4) is 0 Å². The Balaban J connectivity index is 1.89. The molecule has 27 heavy (non-hydrogen) atoms. The quantitative estimate of drug-likeness (QED) is 0.875. The van der Waals surface area contributed by atoms with Crippen molar-refractivity contribution in [2.75, 3.05) is 5.32 Å². The van der Waals surface area contributed by atoms with Gasteiger partial charge in [-0.2, -0.15) is 8.42 Å². The summed E-state index contributed by atoms with van der Waals surface area (Å²) in [5.74, 6) is -1.21. The summed E-state index contributed by atoms with van der Waals surface area (Å²) >= 11 is 0. The van der Waals surface area contributed by atoms with Crippen molar-refractivity contribution >= 4 is 27.5 Å². The maximum absolute atomic E-state index is 13.9. The maximum Gasteiger partial charge on any atom is 0.344 e. The molecule has 0 aliphatic carbocycles. The van der Waals surface area contributed by atoms with Crippen molar-refractivity contribution in [1.82, 2.24) is 4.31 Å². The summed E-state index contributed by atoms with van der Waals surface area (Å²) in [7, 11) is -3.93. The lowest BCUT2D eigenvalue weighted by Crippen LogP contribution is -2.32. The van der Waals surface area contributed by atoms with E-state index in [9.17, 15) is 17.6 Å². The molecule has 0 fully saturated rings. The molecule has 0 bridgehead atoms. The van der Waals surface area contributed by atoms with Crippen LogP contribution in [-0.4, -0.2) is 24.3 Å². The lowest BCUT2D eigenvalue weighted by molar-refractivity contribution is -0.112. The third-order valence-electron chi connectivity index (χ3n) is 4.01. The van der Waals surface area contributed by atoms with Crippen LogP contribution in [-0.2, 0) is 21.5 Å². The Hall–Kier alpha value is -3.00. The number of benzene rings is 2. The van der Waals surface area contributed by atoms with E-state index in [0.29, 0.717) is 0 Å². The number of nitrogens with one attached hydrogen (secondary N) is 1. The minimum atomic E-state index is -3.93. The minimum Gasteiger partial charge on any atom is -0.319 e. The van der Waals surface area contributed by atoms with Crippen LogP contribution in [0.2, 0.25) is 0 Å². The Kier molecular flexibility index (Phi) is 5.09. The standard InChI is InChI=1S/C19H18FN3O3S/c1-13-8-9-17(20)18(10-13)21-19(24)16-12-23(27(25,26)22-14(16)2)11-15-6-4-3-5-7-15/h3-10,12H,11H2,1-2H3,(H,21,24). The lowest BCUT2D eigenvalue weighted by atomic mass is 10.1. The fourth-order valence-electron chi connectivity index (χ4n) is 2.62. The number of amides is 1. The number of nitrogens with zero attached hydrogens (tertiary/aromatic N) is 2. The molecule has 1 aliphatic heterocycles. The van der Waals surface area contributed by atoms with Gasteiger partial charge in [-0.05, 0) is 37.1 Å². The van der Waals surface area contributed by atoms with Gasteiger partial charge in [-0.3, -0.25) is 9.10 Å². The lowest BCUT2D eigenvalue weighted by Gasteiger charge is -2.23. The van der Waals surface area contributed by atoms with Crippen LogP contribution < -0.4 is 5.32 Å². The molecule has 0 saturated heterocycles. The van der Waals surface area contributed by atoms with Gasteiger partial charge < -0.3 is 5.32 Å². The number of anilines is 1. The molecule has 2 aromatic carbocycles. The second-order valence-electron chi connectivity index (χ2n) is 6.17. The summed E-state index contributed by atoms with van der Waals surface area (Å²) in [6.07, 6.45) is 1.23. The molecule has 6 nitrogen and oxygen atoms in total. The molecule has 0 aromatic heterocycles. The summed E-state index contributed by atoms with van der Waals surface area (Å²) in [4.78, 5) is 12.6. The highest BCUT2D eigenvalue weighted by molar-refractivity contribution is 7.88. The van der Waals surface area contributed by atoms with Crippen LogP contribution in [0, 0.1) is 12.7 Å². The topological polar surface area (TPSA) is 78.8 Å². The van der Waals surface area contributed by atoms with Gasteiger partial charge in [0.15, 0.2) is 0 Å². The summed E-state index contributed by atoms with van der Waals surface area (Å²) < 4.78 is 43.2. The monoisotopic (exact) mass is 387 g/mol. The van der Waals surface area contributed by atoms with Crippen molar-refractivity contribution in [3.05, 3.63) is 77.2 Å². The first-order valence-corrected chi connectivity index (χ1v) is 9.58. The molecule has 2 aromatic rings. The van der Waals surface area contributed by atoms with Gasteiger partial charge in [0.2, 0.25) is 0 Å². The molecule has 1 amide bonds. The Morgan fingerprint density at radius 1 is 1.15 bits per heavy atom. The minimum absolute atomic E-state index is 0.0248. The highest BCUT2D eigenvalue weighted by atomic mass is 32.2. The van der Waals surface area contributed by atoms with Crippen molar-refractivity contribution in [2.24, 2.45) is 4.40 Å². The van der Waals surface area contributed by atoms with E-state index in [1.54, 1.807) is 37.3 Å². The first-order valence-electron chi connectivity index (χ1n) is 8.18. The average molecular weight is 387 g/mol. The summed E-state index contributed by atoms with van der Waals surface area (Å²) in [6.45, 7) is 3.24. The third kappa shape index (κ3) is 4.22. The molecule has 0 spiro atoms. The van der Waals surface area contributed by atoms with Gasteiger partial charge in [-0.15, -0.1) is 4.40 Å². The second kappa shape index (κ2) is 7.32. The first-order chi connectivity index (χ1) is 12.8. The smallest absolute Gasteiger partial charge is 0.319 e. The number of halogens is 1. The van der Waals surface area contributed by atoms with Crippen molar-refractivity contribution in [3.63, 3.8) is 0 Å². The Bertz CT molecular complexity index is 1050. The van der Waals surface area contributed by atoms with E-state index in [4.69, 9.17) is 0 Å². The molecule has 8 heteroatoms. The zero-order chi connectivity index (χ0) is 19.6. The van der Waals surface area contributed by atoms with Gasteiger partial charge >= 0.3 is 10.2 Å². The van der Waals surface area contributed by atoms with Crippen molar-refractivity contribution in [2.45, 2.75) is 20.4 Å². The predicted octanol–water partition coefficient (Wildman–Crippen LogP) is 3.18. The van der Waals surface area contributed by atoms with E-state index in [-0.39, 0.29) is 23.5 Å². The maximum atomic E-state index is 13.9. The van der Waals surface area contributed by atoms with Crippen LogP contribution in [0.25, 0.3) is 0 Å². The van der Waals surface area contributed by atoms with E-state index in [1.807, 2.05) is 6.07 Å². The van der Waals surface area contributed by atoms with E-state index < -0.39 is 21.9 Å². The summed E-state index contributed by atoms with van der Waals surface area (Å²) in [6, 6.07) is 13.3. The zero-order valence-electron chi connectivity index (χ0n) is 14.8. The van der Waals surface area contributed by atoms with E-state index >= 15 is 0 Å². The second-order valence-corrected chi connectivity index (χ2v) is 7.71. The summed E-state index contributed by atoms with van der Waals surface area (Å²) in [5, 5.41) is 2.48. The number of hydrogen-bond donors (Lipinski definition) is 1. The Morgan fingerprint density at radius 2 is 1.85 bits per heavy atom. The Morgan fingerprint density at radius 3 is 2.56 bits per heavy atom. The van der Waals surface area contributed by atoms with Gasteiger partial charge in [-0.1, -0.05) is 36.4 Å². The molecule has 0 atom stereocenters. The highest BCUT2D eigenvalue weighted by Gasteiger charge is 2.28. The van der Waals surface area contributed by atoms with Crippen LogP contribution in [0.5, 0.6) is 0 Å². The molecule has 1 heterocycles. The van der Waals surface area contributed by atoms with Crippen LogP contribution in [0.4, 0.5) is 10.1 Å². The average Bonchev–Trinajstić information content (AvgIpc) is 2.61. The molecule has 140 valence electrons. The van der Waals surface area contributed by atoms with Crippen LogP contribution in [0.15, 0.2) is 64.7 Å². The van der Waals surface area contributed by atoms with E-state index in [2.05, 4.69) is 9.71 Å². The molecular weight excluding hydrogens is 369 g/mol. The van der Waals surface area contributed by atoms with Crippen LogP contribution in [0.1, 0.15) is 18.1 Å². The van der Waals surface area contributed by atoms with Gasteiger partial charge in [0.25, 0.3) is 5.91 Å². The largest absolute Gasteiger partial charge is 0.344 e. The van der Waals surface area contributed by atoms with Gasteiger partial charge in [0.05, 0.1) is 23.5 Å². The van der Waals surface area contributed by atoms with Crippen LogP contribution in [0.3, 0.4) is 0 Å². The fourth-order valence-corrected chi connectivity index (χ4v) is 3.72. The number of aryl methyl sites for hydroxylation is 1. The predicted molar refractivity (Wildman–Crippen MR) is 102 cm³/mol. The van der Waals surface area contributed by atoms with E-state index in [0.717, 1.165) is 15.4 Å². The molecule has 0 unspecified atom stereocenters. The fraction of sp³-hybridized carbons (Fsp3) is 0.158. The molecule has 0 saturated carbocycles. The normalized spacial score (nSPS) is 15.7. The van der Waals surface area contributed by atoms with Crippen LogP contribution >= 0.6 is 0 Å². The van der Waals surface area contributed by atoms with Gasteiger partial charge in [0, 0.05) is 6.20 Å². The zero-order valence-corrected chi connectivity index (χ0v) is 15.6. The number of hydrogen-bond acceptors (Lipinski definition) is 3. The molecule has 1 N–H and O–H groups in total. The SMILES string of the molecule is CC1=NS(=O)(=O)N(Cc2ccccc2)C=C1C(=O)Nc1cc(C)ccc1F.